The van der Waals surface area contributed by atoms with Crippen molar-refractivity contribution in [2.75, 3.05) is 0 Å². The van der Waals surface area contributed by atoms with Crippen molar-refractivity contribution < 1.29 is 32.2 Å². The summed E-state index contributed by atoms with van der Waals surface area (Å²) in [6.07, 6.45) is -3.36. The van der Waals surface area contributed by atoms with Crippen LogP contribution in [0.4, 0.5) is 18.0 Å². The molecule has 0 aliphatic heterocycles. The topological polar surface area (TPSA) is 74.6 Å². The number of hydrogen-bond donors (Lipinski definition) is 1. The summed E-state index contributed by atoms with van der Waals surface area (Å²) < 4.78 is 54.6. The molecule has 10 heteroatoms. The van der Waals surface area contributed by atoms with Crippen LogP contribution in [0.3, 0.4) is 0 Å². The fourth-order valence-electron chi connectivity index (χ4n) is 3.68. The standard InChI is InChI=1S/C26H22F3N3O4/c27-26(28,29)36-20-10-6-17(7-11-20)15-32-23-13-12-21(35-25(33)30-18-8-9-18)14-22(23)31-24(32)16-34-19-4-2-1-3-5-19/h1-7,10-14,18H,8-9,15-16H2,(H,30,33). The lowest BCUT2D eigenvalue weighted by atomic mass is 10.2. The molecule has 1 saturated carbocycles. The number of nitrogens with one attached hydrogen (secondary N) is 1. The zero-order valence-electron chi connectivity index (χ0n) is 19.0. The monoisotopic (exact) mass is 497 g/mol. The molecule has 36 heavy (non-hydrogen) atoms. The Balaban J connectivity index is 1.40. The van der Waals surface area contributed by atoms with Crippen molar-refractivity contribution >= 4 is 17.1 Å². The van der Waals surface area contributed by atoms with Crippen molar-refractivity contribution in [1.29, 1.82) is 0 Å². The van der Waals surface area contributed by atoms with Gasteiger partial charge < -0.3 is 24.1 Å². The number of nitrogens with zero attached hydrogens (tertiary/aromatic N) is 2. The SMILES string of the molecule is O=C(NC1CC1)Oc1ccc2c(c1)nc(COc1ccccc1)n2Cc1ccc(OC(F)(F)F)cc1. The third-order valence-electron chi connectivity index (χ3n) is 5.52. The molecule has 1 N–H and O–H groups in total. The highest BCUT2D eigenvalue weighted by molar-refractivity contribution is 5.79. The van der Waals surface area contributed by atoms with Crippen LogP contribution in [0.2, 0.25) is 0 Å². The number of hydrogen-bond acceptors (Lipinski definition) is 5. The predicted octanol–water partition coefficient (Wildman–Crippen LogP) is 5.81. The second-order valence-corrected chi connectivity index (χ2v) is 8.37. The molecule has 1 aliphatic rings. The number of rotatable bonds is 8. The number of benzene rings is 3. The minimum absolute atomic E-state index is 0.159. The minimum Gasteiger partial charge on any atom is -0.486 e. The van der Waals surface area contributed by atoms with E-state index in [1.54, 1.807) is 30.3 Å². The van der Waals surface area contributed by atoms with Gasteiger partial charge in [0.15, 0.2) is 0 Å². The number of halogens is 3. The van der Waals surface area contributed by atoms with E-state index in [1.165, 1.54) is 12.1 Å². The van der Waals surface area contributed by atoms with Crippen LogP contribution in [0.5, 0.6) is 17.2 Å². The van der Waals surface area contributed by atoms with Crippen LogP contribution in [-0.4, -0.2) is 28.0 Å². The molecule has 0 radical (unpaired) electrons. The highest BCUT2D eigenvalue weighted by Crippen LogP contribution is 2.27. The maximum absolute atomic E-state index is 12.5. The molecule has 1 heterocycles. The molecule has 3 aromatic carbocycles. The summed E-state index contributed by atoms with van der Waals surface area (Å²) in [6.45, 7) is 0.491. The van der Waals surface area contributed by atoms with Gasteiger partial charge in [-0.3, -0.25) is 0 Å². The Bertz CT molecular complexity index is 1350. The highest BCUT2D eigenvalue weighted by atomic mass is 19.4. The maximum atomic E-state index is 12.5. The van der Waals surface area contributed by atoms with E-state index in [4.69, 9.17) is 9.47 Å². The van der Waals surface area contributed by atoms with Crippen molar-refractivity contribution in [3.8, 4) is 17.2 Å². The molecule has 5 rings (SSSR count). The Morgan fingerprint density at radius 3 is 2.39 bits per heavy atom. The summed E-state index contributed by atoms with van der Waals surface area (Å²) in [7, 11) is 0. The molecule has 1 aliphatic carbocycles. The van der Waals surface area contributed by atoms with Crippen LogP contribution in [0.25, 0.3) is 11.0 Å². The molecule has 0 saturated heterocycles. The zero-order chi connectivity index (χ0) is 25.1. The number of carbonyl (C=O) groups excluding carboxylic acids is 1. The van der Waals surface area contributed by atoms with Gasteiger partial charge >= 0.3 is 12.5 Å². The number of amides is 1. The van der Waals surface area contributed by atoms with Gasteiger partial charge in [-0.05, 0) is 54.8 Å². The number of alkyl halides is 3. The summed E-state index contributed by atoms with van der Waals surface area (Å²) in [5.41, 5.74) is 2.09. The third kappa shape index (κ3) is 6.07. The van der Waals surface area contributed by atoms with Gasteiger partial charge in [-0.2, -0.15) is 0 Å². The average Bonchev–Trinajstić information content (AvgIpc) is 3.59. The van der Waals surface area contributed by atoms with Crippen LogP contribution in [0, 0.1) is 0 Å². The van der Waals surface area contributed by atoms with Gasteiger partial charge in [0.2, 0.25) is 0 Å². The molecule has 1 aromatic heterocycles. The molecule has 0 atom stereocenters. The van der Waals surface area contributed by atoms with Crippen LogP contribution in [0.15, 0.2) is 72.8 Å². The van der Waals surface area contributed by atoms with Gasteiger partial charge in [0.25, 0.3) is 0 Å². The fraction of sp³-hybridized carbons (Fsp3) is 0.231. The van der Waals surface area contributed by atoms with E-state index in [1.807, 2.05) is 34.9 Å². The quantitative estimate of drug-likeness (QED) is 0.332. The van der Waals surface area contributed by atoms with E-state index in [0.717, 1.165) is 23.9 Å². The summed E-state index contributed by atoms with van der Waals surface area (Å²) in [5.74, 6) is 1.34. The van der Waals surface area contributed by atoms with Crippen molar-refractivity contribution in [3.63, 3.8) is 0 Å². The minimum atomic E-state index is -4.75. The molecular formula is C26H22F3N3O4. The Morgan fingerprint density at radius 2 is 1.69 bits per heavy atom. The predicted molar refractivity (Wildman–Crippen MR) is 125 cm³/mol. The van der Waals surface area contributed by atoms with E-state index in [2.05, 4.69) is 15.0 Å². The van der Waals surface area contributed by atoms with Gasteiger partial charge in [0, 0.05) is 18.7 Å². The van der Waals surface area contributed by atoms with E-state index in [9.17, 15) is 18.0 Å². The Kier molecular flexibility index (Phi) is 6.41. The third-order valence-corrected chi connectivity index (χ3v) is 5.52. The van der Waals surface area contributed by atoms with Gasteiger partial charge in [0.05, 0.1) is 11.0 Å². The maximum Gasteiger partial charge on any atom is 0.573 e. The van der Waals surface area contributed by atoms with E-state index in [-0.39, 0.29) is 18.4 Å². The molecule has 0 bridgehead atoms. The van der Waals surface area contributed by atoms with Crippen molar-refractivity contribution in [2.24, 2.45) is 0 Å². The first-order valence-corrected chi connectivity index (χ1v) is 11.3. The molecular weight excluding hydrogens is 475 g/mol. The molecule has 1 amide bonds. The second kappa shape index (κ2) is 9.80. The second-order valence-electron chi connectivity index (χ2n) is 8.37. The van der Waals surface area contributed by atoms with E-state index in [0.29, 0.717) is 29.4 Å². The zero-order valence-corrected chi connectivity index (χ0v) is 19.0. The van der Waals surface area contributed by atoms with Crippen molar-refractivity contribution in [2.45, 2.75) is 38.4 Å². The number of imidazole rings is 1. The summed E-state index contributed by atoms with van der Waals surface area (Å²) in [6, 6.07) is 20.2. The van der Waals surface area contributed by atoms with Gasteiger partial charge in [-0.25, -0.2) is 9.78 Å². The number of para-hydroxylation sites is 1. The molecule has 186 valence electrons. The summed E-state index contributed by atoms with van der Waals surface area (Å²) in [5, 5.41) is 2.77. The molecule has 0 spiro atoms. The lowest BCUT2D eigenvalue weighted by Gasteiger charge is -2.12. The normalized spacial score (nSPS) is 13.4. The lowest BCUT2D eigenvalue weighted by molar-refractivity contribution is -0.274. The van der Waals surface area contributed by atoms with Gasteiger partial charge in [-0.1, -0.05) is 30.3 Å². The number of carbonyl (C=O) groups is 1. The van der Waals surface area contributed by atoms with Gasteiger partial charge in [0.1, 0.15) is 29.7 Å². The van der Waals surface area contributed by atoms with Crippen LogP contribution in [-0.2, 0) is 13.2 Å². The average molecular weight is 497 g/mol. The van der Waals surface area contributed by atoms with Crippen LogP contribution >= 0.6 is 0 Å². The largest absolute Gasteiger partial charge is 0.573 e. The van der Waals surface area contributed by atoms with E-state index >= 15 is 0 Å². The Morgan fingerprint density at radius 1 is 0.972 bits per heavy atom. The Labute approximate surface area is 204 Å². The fourth-order valence-corrected chi connectivity index (χ4v) is 3.68. The Hall–Kier alpha value is -4.21. The van der Waals surface area contributed by atoms with Crippen LogP contribution in [0.1, 0.15) is 24.2 Å². The number of ether oxygens (including phenoxy) is 3. The highest BCUT2D eigenvalue weighted by Gasteiger charge is 2.31. The first-order chi connectivity index (χ1) is 17.3. The van der Waals surface area contributed by atoms with Crippen molar-refractivity contribution in [1.82, 2.24) is 14.9 Å². The molecule has 1 fully saturated rings. The first-order valence-electron chi connectivity index (χ1n) is 11.3. The molecule has 7 nitrogen and oxygen atoms in total. The number of aromatic nitrogens is 2. The first kappa shape index (κ1) is 23.5. The number of fused-ring (bicyclic) bond motifs is 1. The molecule has 0 unspecified atom stereocenters. The summed E-state index contributed by atoms with van der Waals surface area (Å²) >= 11 is 0. The smallest absolute Gasteiger partial charge is 0.486 e. The van der Waals surface area contributed by atoms with Gasteiger partial charge in [-0.15, -0.1) is 13.2 Å². The summed E-state index contributed by atoms with van der Waals surface area (Å²) in [4.78, 5) is 16.7. The van der Waals surface area contributed by atoms with Crippen LogP contribution < -0.4 is 19.5 Å². The van der Waals surface area contributed by atoms with E-state index < -0.39 is 12.5 Å². The molecule has 4 aromatic rings. The lowest BCUT2D eigenvalue weighted by Crippen LogP contribution is -2.28. The van der Waals surface area contributed by atoms with Crippen molar-refractivity contribution in [3.05, 3.63) is 84.2 Å².